The molecule has 224 valence electrons. The SMILES string of the molecule is CCOc1cc(C)c(-c2nc3ccccc3c(=O)n2N=Cc2ccccc2OCC(=O)Nc2cccc(F)c2)cc1C(C)C. The zero-order valence-corrected chi connectivity index (χ0v) is 25.0. The minimum Gasteiger partial charge on any atom is -0.494 e. The molecule has 0 atom stereocenters. The molecule has 1 heterocycles. The molecule has 0 radical (unpaired) electrons. The van der Waals surface area contributed by atoms with E-state index in [-0.39, 0.29) is 18.1 Å². The van der Waals surface area contributed by atoms with Crippen LogP contribution in [0.3, 0.4) is 0 Å². The van der Waals surface area contributed by atoms with Crippen LogP contribution in [0, 0.1) is 12.7 Å². The van der Waals surface area contributed by atoms with Gasteiger partial charge in [-0.1, -0.05) is 44.2 Å². The minimum atomic E-state index is -0.455. The maximum atomic E-state index is 13.8. The first-order chi connectivity index (χ1) is 21.2. The molecule has 0 bridgehead atoms. The molecule has 5 aromatic rings. The van der Waals surface area contributed by atoms with Gasteiger partial charge in [0.2, 0.25) is 0 Å². The highest BCUT2D eigenvalue weighted by Crippen LogP contribution is 2.34. The number of carbonyl (C=O) groups is 1. The molecule has 5 rings (SSSR count). The Hall–Kier alpha value is -5.31. The predicted octanol–water partition coefficient (Wildman–Crippen LogP) is 6.93. The van der Waals surface area contributed by atoms with Gasteiger partial charge in [-0.3, -0.25) is 9.59 Å². The average Bonchev–Trinajstić information content (AvgIpc) is 3.00. The van der Waals surface area contributed by atoms with Crippen molar-refractivity contribution in [2.75, 3.05) is 18.5 Å². The Morgan fingerprint density at radius 3 is 2.55 bits per heavy atom. The summed E-state index contributed by atoms with van der Waals surface area (Å²) in [5.74, 6) is 0.834. The molecule has 0 saturated carbocycles. The van der Waals surface area contributed by atoms with Gasteiger partial charge in [0.05, 0.1) is 23.7 Å². The van der Waals surface area contributed by atoms with Crippen LogP contribution in [-0.2, 0) is 4.79 Å². The summed E-state index contributed by atoms with van der Waals surface area (Å²) in [5.41, 5.74) is 3.76. The second-order valence-electron chi connectivity index (χ2n) is 10.5. The summed E-state index contributed by atoms with van der Waals surface area (Å²) in [4.78, 5) is 31.2. The number of hydrogen-bond donors (Lipinski definition) is 1. The predicted molar refractivity (Wildman–Crippen MR) is 171 cm³/mol. The van der Waals surface area contributed by atoms with Crippen molar-refractivity contribution < 1.29 is 18.7 Å². The highest BCUT2D eigenvalue weighted by atomic mass is 19.1. The molecule has 8 nitrogen and oxygen atoms in total. The molecule has 1 amide bonds. The van der Waals surface area contributed by atoms with Crippen LogP contribution >= 0.6 is 0 Å². The molecule has 0 aliphatic carbocycles. The molecule has 0 unspecified atom stereocenters. The van der Waals surface area contributed by atoms with Gasteiger partial charge in [0, 0.05) is 16.8 Å². The molecule has 1 N–H and O–H groups in total. The first-order valence-electron chi connectivity index (χ1n) is 14.4. The number of benzene rings is 4. The summed E-state index contributed by atoms with van der Waals surface area (Å²) in [6.45, 7) is 8.30. The van der Waals surface area contributed by atoms with E-state index in [9.17, 15) is 14.0 Å². The van der Waals surface area contributed by atoms with E-state index in [0.29, 0.717) is 40.3 Å². The number of carbonyl (C=O) groups excluding carboxylic acids is 1. The van der Waals surface area contributed by atoms with Crippen molar-refractivity contribution in [2.45, 2.75) is 33.6 Å². The molecule has 0 aliphatic heterocycles. The highest BCUT2D eigenvalue weighted by molar-refractivity contribution is 5.92. The van der Waals surface area contributed by atoms with E-state index in [1.54, 1.807) is 48.5 Å². The fourth-order valence-corrected chi connectivity index (χ4v) is 4.82. The number of anilines is 1. The van der Waals surface area contributed by atoms with Crippen LogP contribution in [0.25, 0.3) is 22.3 Å². The number of hydrogen-bond acceptors (Lipinski definition) is 6. The minimum absolute atomic E-state index is 0.169. The Morgan fingerprint density at radius 2 is 1.77 bits per heavy atom. The second-order valence-corrected chi connectivity index (χ2v) is 10.5. The average molecular weight is 593 g/mol. The summed E-state index contributed by atoms with van der Waals surface area (Å²) in [6, 6.07) is 23.8. The summed E-state index contributed by atoms with van der Waals surface area (Å²) in [7, 11) is 0. The van der Waals surface area contributed by atoms with E-state index in [2.05, 4.69) is 24.3 Å². The van der Waals surface area contributed by atoms with Crippen LogP contribution in [0.15, 0.2) is 94.8 Å². The Morgan fingerprint density at radius 1 is 1.00 bits per heavy atom. The normalized spacial score (nSPS) is 11.3. The van der Waals surface area contributed by atoms with Gasteiger partial charge >= 0.3 is 0 Å². The van der Waals surface area contributed by atoms with Crippen molar-refractivity contribution in [3.8, 4) is 22.9 Å². The standard InChI is InChI=1S/C35H33FN4O4/c1-5-43-32-17-23(4)29(19-28(32)22(2)3)34-39-30-15-8-7-14-27(30)35(42)40(34)37-20-24-11-6-9-16-31(24)44-21-33(41)38-26-13-10-12-25(36)18-26/h6-20,22H,5,21H2,1-4H3,(H,38,41). The number of nitrogens with zero attached hydrogens (tertiary/aromatic N) is 3. The van der Waals surface area contributed by atoms with Crippen molar-refractivity contribution in [3.63, 3.8) is 0 Å². The molecule has 1 aromatic heterocycles. The van der Waals surface area contributed by atoms with Gasteiger partial charge < -0.3 is 14.8 Å². The summed E-state index contributed by atoms with van der Waals surface area (Å²) >= 11 is 0. The van der Waals surface area contributed by atoms with E-state index in [1.807, 2.05) is 32.0 Å². The number of amides is 1. The quantitative estimate of drug-likeness (QED) is 0.178. The molecule has 0 fully saturated rings. The molecule has 0 saturated heterocycles. The van der Waals surface area contributed by atoms with Crippen LogP contribution in [0.2, 0.25) is 0 Å². The number of fused-ring (bicyclic) bond motifs is 1. The van der Waals surface area contributed by atoms with Gasteiger partial charge in [-0.25, -0.2) is 9.37 Å². The maximum Gasteiger partial charge on any atom is 0.282 e. The van der Waals surface area contributed by atoms with Crippen molar-refractivity contribution in [1.82, 2.24) is 9.66 Å². The van der Waals surface area contributed by atoms with Crippen LogP contribution < -0.4 is 20.3 Å². The number of aromatic nitrogens is 2. The van der Waals surface area contributed by atoms with Gasteiger partial charge in [-0.05, 0) is 85.5 Å². The smallest absolute Gasteiger partial charge is 0.282 e. The van der Waals surface area contributed by atoms with E-state index < -0.39 is 11.7 Å². The topological polar surface area (TPSA) is 94.8 Å². The monoisotopic (exact) mass is 592 g/mol. The lowest BCUT2D eigenvalue weighted by atomic mass is 9.96. The van der Waals surface area contributed by atoms with Gasteiger partial charge in [-0.15, -0.1) is 0 Å². The van der Waals surface area contributed by atoms with E-state index in [1.165, 1.54) is 29.1 Å². The van der Waals surface area contributed by atoms with Crippen LogP contribution in [-0.4, -0.2) is 35.0 Å². The lowest BCUT2D eigenvalue weighted by molar-refractivity contribution is -0.118. The maximum absolute atomic E-state index is 13.8. The molecular weight excluding hydrogens is 559 g/mol. The Labute approximate surface area is 254 Å². The van der Waals surface area contributed by atoms with Crippen molar-refractivity contribution in [3.05, 3.63) is 118 Å². The van der Waals surface area contributed by atoms with Crippen LogP contribution in [0.4, 0.5) is 10.1 Å². The fraction of sp³-hybridized carbons (Fsp3) is 0.200. The van der Waals surface area contributed by atoms with Gasteiger partial charge in [0.1, 0.15) is 17.3 Å². The third-order valence-electron chi connectivity index (χ3n) is 6.97. The third kappa shape index (κ3) is 6.67. The number of nitrogens with one attached hydrogen (secondary N) is 1. The number of ether oxygens (including phenoxy) is 2. The lowest BCUT2D eigenvalue weighted by Crippen LogP contribution is -2.21. The number of aryl methyl sites for hydroxylation is 1. The van der Waals surface area contributed by atoms with Crippen molar-refractivity contribution >= 4 is 28.7 Å². The second kappa shape index (κ2) is 13.3. The van der Waals surface area contributed by atoms with Gasteiger partial charge in [-0.2, -0.15) is 9.78 Å². The zero-order chi connectivity index (χ0) is 31.2. The first-order valence-corrected chi connectivity index (χ1v) is 14.4. The molecule has 4 aromatic carbocycles. The van der Waals surface area contributed by atoms with E-state index in [0.717, 1.165) is 22.4 Å². The summed E-state index contributed by atoms with van der Waals surface area (Å²) in [6.07, 6.45) is 1.51. The van der Waals surface area contributed by atoms with Crippen molar-refractivity contribution in [1.29, 1.82) is 0 Å². The Bertz CT molecular complexity index is 1920. The fourth-order valence-electron chi connectivity index (χ4n) is 4.82. The lowest BCUT2D eigenvalue weighted by Gasteiger charge is -2.18. The Balaban J connectivity index is 1.52. The zero-order valence-electron chi connectivity index (χ0n) is 25.0. The molecule has 0 spiro atoms. The summed E-state index contributed by atoms with van der Waals surface area (Å²) in [5, 5.41) is 7.65. The van der Waals surface area contributed by atoms with Crippen LogP contribution in [0.1, 0.15) is 43.4 Å². The Kier molecular flexibility index (Phi) is 9.14. The third-order valence-corrected chi connectivity index (χ3v) is 6.97. The van der Waals surface area contributed by atoms with E-state index >= 15 is 0 Å². The molecule has 0 aliphatic rings. The van der Waals surface area contributed by atoms with E-state index in [4.69, 9.17) is 14.5 Å². The summed E-state index contributed by atoms with van der Waals surface area (Å²) < 4.78 is 26.5. The highest BCUT2D eigenvalue weighted by Gasteiger charge is 2.19. The number of halogens is 1. The van der Waals surface area contributed by atoms with Gasteiger partial charge in [0.25, 0.3) is 11.5 Å². The van der Waals surface area contributed by atoms with Crippen LogP contribution in [0.5, 0.6) is 11.5 Å². The first kappa shape index (κ1) is 30.2. The molecular formula is C35H33FN4O4. The van der Waals surface area contributed by atoms with Gasteiger partial charge in [0.15, 0.2) is 12.4 Å². The molecule has 44 heavy (non-hydrogen) atoms. The number of rotatable bonds is 10. The number of para-hydroxylation sites is 2. The largest absolute Gasteiger partial charge is 0.494 e. The molecule has 9 heteroatoms. The van der Waals surface area contributed by atoms with Crippen molar-refractivity contribution in [2.24, 2.45) is 5.10 Å².